The second kappa shape index (κ2) is 11.6. The lowest BCUT2D eigenvalue weighted by Gasteiger charge is -2.36. The Morgan fingerprint density at radius 2 is 1.87 bits per heavy atom. The smallest absolute Gasteiger partial charge is 0.247 e. The number of amides is 1. The first-order valence-corrected chi connectivity index (χ1v) is 12.5. The Kier molecular flexibility index (Phi) is 7.80. The molecule has 39 heavy (non-hydrogen) atoms. The van der Waals surface area contributed by atoms with Gasteiger partial charge in [-0.15, -0.1) is 0 Å². The van der Waals surface area contributed by atoms with Crippen molar-refractivity contribution in [1.82, 2.24) is 19.3 Å². The minimum Gasteiger partial charge on any atom is -0.383 e. The molecule has 4 aromatic rings. The number of methoxy groups -OCH3 is 1. The van der Waals surface area contributed by atoms with E-state index in [4.69, 9.17) is 4.74 Å². The van der Waals surface area contributed by atoms with Crippen molar-refractivity contribution in [1.29, 1.82) is 0 Å². The zero-order chi connectivity index (χ0) is 27.4. The van der Waals surface area contributed by atoms with E-state index in [1.807, 2.05) is 11.0 Å². The molecule has 0 atom stereocenters. The van der Waals surface area contributed by atoms with Crippen molar-refractivity contribution < 1.29 is 18.3 Å². The van der Waals surface area contributed by atoms with Gasteiger partial charge in [-0.05, 0) is 30.3 Å². The molecule has 5 rings (SSSR count). The lowest BCUT2D eigenvalue weighted by molar-refractivity contribution is -0.111. The largest absolute Gasteiger partial charge is 0.383 e. The quantitative estimate of drug-likeness (QED) is 0.310. The van der Waals surface area contributed by atoms with E-state index in [9.17, 15) is 4.79 Å². The molecule has 1 amide bonds. The number of carbonyl (C=O) groups excluding carboxylic acids is 1. The number of rotatable bonds is 9. The molecule has 1 fully saturated rings. The molecule has 9 nitrogen and oxygen atoms in total. The topological polar surface area (TPSA) is 87.0 Å². The summed E-state index contributed by atoms with van der Waals surface area (Å²) in [4.78, 5) is 24.6. The highest BCUT2D eigenvalue weighted by Gasteiger charge is 2.23. The number of ether oxygens (including phenoxy) is 1. The number of nitrogens with zero attached hydrogens (tertiary/aromatic N) is 5. The SMILES string of the molecule is C=CC(=O)Nc1cccc(-c2ncn3cnc(Nc4ccc(N5CCN(CCOC)CC5)c(F)c4F)cc23)c1. The van der Waals surface area contributed by atoms with Gasteiger partial charge in [-0.1, -0.05) is 18.7 Å². The summed E-state index contributed by atoms with van der Waals surface area (Å²) in [5.74, 6) is -1.84. The molecule has 1 aliphatic heterocycles. The van der Waals surface area contributed by atoms with Gasteiger partial charge in [-0.2, -0.15) is 0 Å². The zero-order valence-corrected chi connectivity index (χ0v) is 21.5. The van der Waals surface area contributed by atoms with Crippen LogP contribution in [-0.4, -0.2) is 71.6 Å². The third kappa shape index (κ3) is 5.74. The monoisotopic (exact) mass is 533 g/mol. The summed E-state index contributed by atoms with van der Waals surface area (Å²) in [6.45, 7) is 7.65. The summed E-state index contributed by atoms with van der Waals surface area (Å²) in [5.41, 5.74) is 2.93. The van der Waals surface area contributed by atoms with Crippen molar-refractivity contribution in [3.63, 3.8) is 0 Å². The maximum atomic E-state index is 15.1. The molecule has 1 aliphatic rings. The fourth-order valence-corrected chi connectivity index (χ4v) is 4.58. The first kappa shape index (κ1) is 26.3. The summed E-state index contributed by atoms with van der Waals surface area (Å²) in [6, 6.07) is 12.1. The van der Waals surface area contributed by atoms with Gasteiger partial charge in [0.1, 0.15) is 18.5 Å². The van der Waals surface area contributed by atoms with Gasteiger partial charge in [0.05, 0.1) is 29.2 Å². The van der Waals surface area contributed by atoms with Crippen LogP contribution in [0.3, 0.4) is 0 Å². The zero-order valence-electron chi connectivity index (χ0n) is 21.5. The molecule has 1 saturated heterocycles. The highest BCUT2D eigenvalue weighted by molar-refractivity contribution is 5.99. The Morgan fingerprint density at radius 1 is 1.08 bits per heavy atom. The fraction of sp³-hybridized carbons (Fsp3) is 0.250. The van der Waals surface area contributed by atoms with Gasteiger partial charge in [0.2, 0.25) is 5.91 Å². The van der Waals surface area contributed by atoms with Crippen LogP contribution in [0.2, 0.25) is 0 Å². The van der Waals surface area contributed by atoms with Gasteiger partial charge in [-0.25, -0.2) is 18.7 Å². The van der Waals surface area contributed by atoms with E-state index in [1.165, 1.54) is 12.1 Å². The Bertz CT molecular complexity index is 1500. The number of piperazine rings is 1. The van der Waals surface area contributed by atoms with E-state index in [2.05, 4.69) is 32.1 Å². The molecule has 2 aromatic carbocycles. The van der Waals surface area contributed by atoms with Gasteiger partial charge in [0.15, 0.2) is 11.6 Å². The molecule has 0 spiro atoms. The molecule has 2 N–H and O–H groups in total. The van der Waals surface area contributed by atoms with Crippen molar-refractivity contribution in [3.05, 3.63) is 79.4 Å². The normalized spacial score (nSPS) is 14.0. The first-order valence-electron chi connectivity index (χ1n) is 12.5. The standard InChI is InChI=1S/C28H29F2N7O2/c1-3-25(38)33-20-6-4-5-19(15-20)28-23-16-24(31-17-37(23)18-32-28)34-21-7-8-22(27(30)26(21)29)36-11-9-35(10-12-36)13-14-39-2/h3-8,15-18,34H,1,9-14H2,2H3,(H,33,38). The number of anilines is 4. The van der Waals surface area contributed by atoms with Crippen LogP contribution in [-0.2, 0) is 9.53 Å². The maximum Gasteiger partial charge on any atom is 0.247 e. The summed E-state index contributed by atoms with van der Waals surface area (Å²) in [5, 5.41) is 5.63. The molecule has 3 heterocycles. The molecule has 0 unspecified atom stereocenters. The van der Waals surface area contributed by atoms with Crippen LogP contribution in [0.15, 0.2) is 67.8 Å². The average Bonchev–Trinajstić information content (AvgIpc) is 3.38. The molecule has 202 valence electrons. The predicted octanol–water partition coefficient (Wildman–Crippen LogP) is 4.31. The van der Waals surface area contributed by atoms with E-state index in [-0.39, 0.29) is 17.3 Å². The minimum atomic E-state index is -0.963. The second-order valence-electron chi connectivity index (χ2n) is 9.14. The number of nitrogens with one attached hydrogen (secondary N) is 2. The average molecular weight is 534 g/mol. The number of hydrogen-bond donors (Lipinski definition) is 2. The van der Waals surface area contributed by atoms with E-state index >= 15 is 8.78 Å². The minimum absolute atomic E-state index is 0.0120. The van der Waals surface area contributed by atoms with E-state index < -0.39 is 11.6 Å². The van der Waals surface area contributed by atoms with Crippen LogP contribution in [0.25, 0.3) is 16.8 Å². The number of benzene rings is 2. The molecule has 0 aliphatic carbocycles. The van der Waals surface area contributed by atoms with Crippen LogP contribution in [0.4, 0.5) is 31.7 Å². The Balaban J connectivity index is 1.35. The summed E-state index contributed by atoms with van der Waals surface area (Å²) in [7, 11) is 1.67. The number of fused-ring (bicyclic) bond motifs is 1. The van der Waals surface area contributed by atoms with Gasteiger partial charge < -0.3 is 20.3 Å². The lowest BCUT2D eigenvalue weighted by atomic mass is 10.1. The molecule has 0 saturated carbocycles. The highest BCUT2D eigenvalue weighted by Crippen LogP contribution is 2.31. The van der Waals surface area contributed by atoms with Crippen LogP contribution in [0.1, 0.15) is 0 Å². The summed E-state index contributed by atoms with van der Waals surface area (Å²) in [6.07, 6.45) is 4.35. The number of aromatic nitrogens is 3. The number of halogens is 2. The molecule has 0 bridgehead atoms. The Labute approximate surface area is 224 Å². The van der Waals surface area contributed by atoms with Crippen LogP contribution in [0, 0.1) is 11.6 Å². The van der Waals surface area contributed by atoms with Crippen molar-refractivity contribution in [2.75, 3.05) is 62.0 Å². The lowest BCUT2D eigenvalue weighted by Crippen LogP contribution is -2.47. The summed E-state index contributed by atoms with van der Waals surface area (Å²) >= 11 is 0. The van der Waals surface area contributed by atoms with Crippen molar-refractivity contribution in [3.8, 4) is 11.3 Å². The maximum absolute atomic E-state index is 15.1. The third-order valence-electron chi connectivity index (χ3n) is 6.66. The molecular weight excluding hydrogens is 504 g/mol. The molecular formula is C28H29F2N7O2. The van der Waals surface area contributed by atoms with Gasteiger partial charge in [0.25, 0.3) is 0 Å². The second-order valence-corrected chi connectivity index (χ2v) is 9.14. The number of imidazole rings is 1. The number of carbonyl (C=O) groups is 1. The number of hydrogen-bond acceptors (Lipinski definition) is 7. The Morgan fingerprint density at radius 3 is 2.64 bits per heavy atom. The van der Waals surface area contributed by atoms with Gasteiger partial charge >= 0.3 is 0 Å². The van der Waals surface area contributed by atoms with Crippen LogP contribution < -0.4 is 15.5 Å². The predicted molar refractivity (Wildman–Crippen MR) is 147 cm³/mol. The molecule has 0 radical (unpaired) electrons. The molecule has 11 heteroatoms. The molecule has 2 aromatic heterocycles. The third-order valence-corrected chi connectivity index (χ3v) is 6.66. The first-order chi connectivity index (χ1) is 19.0. The van der Waals surface area contributed by atoms with Crippen molar-refractivity contribution >= 4 is 34.3 Å². The van der Waals surface area contributed by atoms with Crippen molar-refractivity contribution in [2.24, 2.45) is 0 Å². The highest BCUT2D eigenvalue weighted by atomic mass is 19.2. The van der Waals surface area contributed by atoms with E-state index in [1.54, 1.807) is 54.5 Å². The van der Waals surface area contributed by atoms with E-state index in [0.717, 1.165) is 25.2 Å². The fourth-order valence-electron chi connectivity index (χ4n) is 4.58. The van der Waals surface area contributed by atoms with Gasteiger partial charge in [0, 0.05) is 57.2 Å². The van der Waals surface area contributed by atoms with Crippen LogP contribution >= 0.6 is 0 Å². The van der Waals surface area contributed by atoms with E-state index in [0.29, 0.717) is 42.4 Å². The van der Waals surface area contributed by atoms with Crippen LogP contribution in [0.5, 0.6) is 0 Å². The summed E-state index contributed by atoms with van der Waals surface area (Å²) < 4.78 is 37.1. The van der Waals surface area contributed by atoms with Crippen molar-refractivity contribution in [2.45, 2.75) is 0 Å². The Hall–Kier alpha value is -4.35. The van der Waals surface area contributed by atoms with Gasteiger partial charge in [-0.3, -0.25) is 14.1 Å².